The fraction of sp³-hybridized carbons (Fsp3) is 0.333. The summed E-state index contributed by atoms with van der Waals surface area (Å²) >= 11 is 0. The van der Waals surface area contributed by atoms with Crippen molar-refractivity contribution >= 4 is 42.1 Å². The maximum atomic E-state index is 12.4. The molecule has 0 saturated carbocycles. The third kappa shape index (κ3) is 5.16. The molecule has 6 nitrogen and oxygen atoms in total. The van der Waals surface area contributed by atoms with Crippen molar-refractivity contribution < 1.29 is 9.53 Å². The molecule has 1 aliphatic heterocycles. The molecule has 1 fully saturated rings. The number of para-hydroxylation sites is 2. The smallest absolute Gasteiger partial charge is 0.228 e. The highest BCUT2D eigenvalue weighted by Crippen LogP contribution is 2.28. The highest BCUT2D eigenvalue weighted by molar-refractivity contribution is 5.85. The quantitative estimate of drug-likeness (QED) is 0.855. The monoisotopic (exact) mass is 398 g/mol. The molecule has 2 heterocycles. The minimum absolute atomic E-state index is 0. The minimum Gasteiger partial charge on any atom is -0.495 e. The lowest BCUT2D eigenvalue weighted by atomic mass is 10.2. The van der Waals surface area contributed by atoms with Gasteiger partial charge in [-0.3, -0.25) is 9.78 Å². The molecule has 1 aliphatic rings. The summed E-state index contributed by atoms with van der Waals surface area (Å²) in [7, 11) is 1.68. The van der Waals surface area contributed by atoms with Gasteiger partial charge in [0.1, 0.15) is 5.75 Å². The Morgan fingerprint density at radius 3 is 2.42 bits per heavy atom. The van der Waals surface area contributed by atoms with E-state index in [1.54, 1.807) is 25.4 Å². The Kier molecular flexibility index (Phi) is 8.48. The first kappa shape index (κ1) is 21.9. The van der Waals surface area contributed by atoms with E-state index in [-0.39, 0.29) is 30.7 Å². The molecule has 0 aliphatic carbocycles. The fourth-order valence-corrected chi connectivity index (χ4v) is 2.90. The second-order valence-corrected chi connectivity index (χ2v) is 5.80. The predicted molar refractivity (Wildman–Crippen MR) is 109 cm³/mol. The Labute approximate surface area is 166 Å². The first-order valence-electron chi connectivity index (χ1n) is 8.03. The van der Waals surface area contributed by atoms with E-state index in [1.807, 2.05) is 23.1 Å². The van der Waals surface area contributed by atoms with Crippen LogP contribution < -0.4 is 15.4 Å². The fourth-order valence-electron chi connectivity index (χ4n) is 2.90. The van der Waals surface area contributed by atoms with Crippen molar-refractivity contribution in [3.05, 3.63) is 48.3 Å². The van der Waals surface area contributed by atoms with Gasteiger partial charge in [0.2, 0.25) is 5.91 Å². The average molecular weight is 399 g/mol. The zero-order chi connectivity index (χ0) is 16.9. The summed E-state index contributed by atoms with van der Waals surface area (Å²) in [4.78, 5) is 20.8. The van der Waals surface area contributed by atoms with Crippen molar-refractivity contribution in [1.82, 2.24) is 9.88 Å². The van der Waals surface area contributed by atoms with E-state index in [0.29, 0.717) is 25.2 Å². The van der Waals surface area contributed by atoms with Crippen molar-refractivity contribution in [2.75, 3.05) is 43.9 Å². The van der Waals surface area contributed by atoms with Crippen molar-refractivity contribution in [2.45, 2.75) is 6.42 Å². The van der Waals surface area contributed by atoms with Crippen LogP contribution in [0.15, 0.2) is 42.6 Å². The van der Waals surface area contributed by atoms with Gasteiger partial charge in [-0.1, -0.05) is 12.1 Å². The normalized spacial score (nSPS) is 13.4. The molecule has 1 saturated heterocycles. The number of piperazine rings is 1. The van der Waals surface area contributed by atoms with Crippen LogP contribution in [-0.4, -0.2) is 49.1 Å². The number of hydrogen-bond acceptors (Lipinski definition) is 5. The van der Waals surface area contributed by atoms with Crippen LogP contribution in [0.1, 0.15) is 5.69 Å². The Balaban J connectivity index is 0.00000169. The number of carbonyl (C=O) groups is 1. The Bertz CT molecular complexity index is 705. The van der Waals surface area contributed by atoms with Crippen molar-refractivity contribution in [3.8, 4) is 5.75 Å². The van der Waals surface area contributed by atoms with Gasteiger partial charge in [-0.2, -0.15) is 0 Å². The number of halogens is 2. The van der Waals surface area contributed by atoms with E-state index < -0.39 is 0 Å². The number of anilines is 2. The summed E-state index contributed by atoms with van der Waals surface area (Å²) in [5.41, 5.74) is 8.06. The lowest BCUT2D eigenvalue weighted by Crippen LogP contribution is -2.49. The zero-order valence-electron chi connectivity index (χ0n) is 14.6. The molecule has 0 radical (unpaired) electrons. The Hall–Kier alpha value is -2.18. The molecular weight excluding hydrogens is 375 g/mol. The van der Waals surface area contributed by atoms with Gasteiger partial charge in [0.15, 0.2) is 0 Å². The van der Waals surface area contributed by atoms with Crippen LogP contribution in [0.2, 0.25) is 0 Å². The molecule has 0 spiro atoms. The molecule has 2 N–H and O–H groups in total. The summed E-state index contributed by atoms with van der Waals surface area (Å²) in [6.45, 7) is 2.99. The van der Waals surface area contributed by atoms with Crippen LogP contribution in [0.25, 0.3) is 0 Å². The van der Waals surface area contributed by atoms with Crippen molar-refractivity contribution in [3.63, 3.8) is 0 Å². The van der Waals surface area contributed by atoms with E-state index in [9.17, 15) is 4.79 Å². The summed E-state index contributed by atoms with van der Waals surface area (Å²) in [5.74, 6) is 0.968. The largest absolute Gasteiger partial charge is 0.495 e. The highest BCUT2D eigenvalue weighted by Gasteiger charge is 2.23. The molecule has 0 unspecified atom stereocenters. The zero-order valence-corrected chi connectivity index (χ0v) is 16.3. The van der Waals surface area contributed by atoms with Gasteiger partial charge in [0.25, 0.3) is 0 Å². The molecular formula is C18H24Cl2N4O2. The van der Waals surface area contributed by atoms with Gasteiger partial charge in [-0.25, -0.2) is 0 Å². The minimum atomic E-state index is 0. The third-order valence-corrected chi connectivity index (χ3v) is 4.24. The van der Waals surface area contributed by atoms with Crippen LogP contribution in [0, 0.1) is 0 Å². The number of amides is 1. The van der Waals surface area contributed by atoms with Crippen molar-refractivity contribution in [1.29, 1.82) is 0 Å². The number of hydrogen-bond donors (Lipinski definition) is 1. The number of nitrogen functional groups attached to an aromatic ring is 1. The maximum absolute atomic E-state index is 12.4. The number of nitrogens with two attached hydrogens (primary N) is 1. The van der Waals surface area contributed by atoms with Gasteiger partial charge in [0.05, 0.1) is 31.1 Å². The summed E-state index contributed by atoms with van der Waals surface area (Å²) in [5, 5.41) is 0. The summed E-state index contributed by atoms with van der Waals surface area (Å²) in [6, 6.07) is 11.5. The van der Waals surface area contributed by atoms with Crippen LogP contribution in [0.4, 0.5) is 11.4 Å². The number of rotatable bonds is 4. The van der Waals surface area contributed by atoms with E-state index in [2.05, 4.69) is 16.0 Å². The average Bonchev–Trinajstić information content (AvgIpc) is 2.63. The second kappa shape index (κ2) is 10.1. The maximum Gasteiger partial charge on any atom is 0.228 e. The Morgan fingerprint density at radius 1 is 1.12 bits per heavy atom. The molecule has 1 amide bonds. The number of aromatic nitrogens is 1. The molecule has 142 valence electrons. The molecule has 3 rings (SSSR count). The predicted octanol–water partition coefficient (Wildman–Crippen LogP) is 2.41. The number of carbonyl (C=O) groups excluding carboxylic acids is 1. The molecule has 0 bridgehead atoms. The van der Waals surface area contributed by atoms with Crippen LogP contribution in [-0.2, 0) is 11.2 Å². The molecule has 1 aromatic heterocycles. The first-order valence-corrected chi connectivity index (χ1v) is 8.03. The molecule has 26 heavy (non-hydrogen) atoms. The molecule has 1 aromatic carbocycles. The van der Waals surface area contributed by atoms with E-state index in [0.717, 1.165) is 30.2 Å². The number of benzene rings is 1. The number of ether oxygens (including phenoxy) is 1. The SMILES string of the molecule is COc1ccccc1N1CCN(C(=O)Cc2ccc(N)cn2)CC1.Cl.Cl. The molecule has 2 aromatic rings. The van der Waals surface area contributed by atoms with Crippen LogP contribution >= 0.6 is 24.8 Å². The molecule has 8 heteroatoms. The summed E-state index contributed by atoms with van der Waals surface area (Å²) < 4.78 is 5.42. The number of pyridine rings is 1. The van der Waals surface area contributed by atoms with Gasteiger partial charge < -0.3 is 20.3 Å². The summed E-state index contributed by atoms with van der Waals surface area (Å²) in [6.07, 6.45) is 1.90. The molecule has 0 atom stereocenters. The van der Waals surface area contributed by atoms with Crippen LogP contribution in [0.5, 0.6) is 5.75 Å². The van der Waals surface area contributed by atoms with E-state index in [1.165, 1.54) is 0 Å². The first-order chi connectivity index (χ1) is 11.7. The van der Waals surface area contributed by atoms with Gasteiger partial charge in [-0.05, 0) is 24.3 Å². The van der Waals surface area contributed by atoms with Gasteiger partial charge in [0, 0.05) is 31.9 Å². The van der Waals surface area contributed by atoms with Gasteiger partial charge in [-0.15, -0.1) is 24.8 Å². The van der Waals surface area contributed by atoms with Crippen LogP contribution in [0.3, 0.4) is 0 Å². The third-order valence-electron chi connectivity index (χ3n) is 4.24. The van der Waals surface area contributed by atoms with E-state index >= 15 is 0 Å². The number of methoxy groups -OCH3 is 1. The Morgan fingerprint density at radius 2 is 1.81 bits per heavy atom. The highest BCUT2D eigenvalue weighted by atomic mass is 35.5. The topological polar surface area (TPSA) is 71.7 Å². The van der Waals surface area contributed by atoms with E-state index in [4.69, 9.17) is 10.5 Å². The van der Waals surface area contributed by atoms with Crippen molar-refractivity contribution in [2.24, 2.45) is 0 Å². The lowest BCUT2D eigenvalue weighted by molar-refractivity contribution is -0.130. The van der Waals surface area contributed by atoms with Gasteiger partial charge >= 0.3 is 0 Å². The number of nitrogens with zero attached hydrogens (tertiary/aromatic N) is 3. The standard InChI is InChI=1S/C18H22N4O2.2ClH/c1-24-17-5-3-2-4-16(17)21-8-10-22(11-9-21)18(23)12-15-7-6-14(19)13-20-15;;/h2-7,13H,8-12,19H2,1H3;2*1H. The lowest BCUT2D eigenvalue weighted by Gasteiger charge is -2.36. The second-order valence-electron chi connectivity index (χ2n) is 5.80.